The maximum atomic E-state index is 12.3. The molecule has 0 aliphatic heterocycles. The van der Waals surface area contributed by atoms with Crippen molar-refractivity contribution >= 4 is 5.91 Å². The van der Waals surface area contributed by atoms with Crippen molar-refractivity contribution in [3.8, 4) is 11.4 Å². The standard InChI is InChI=1S/C19H21N5O2/c1-3-18(15-9-7-14(2)8-10-15)21-19(25)12-26-17-6-4-5-16(11-17)24-13-20-22-23-24/h4-11,13,18H,3,12H2,1-2H3,(H,21,25)/t18-/m0/s1. The average molecular weight is 351 g/mol. The number of nitrogens with zero attached hydrogens (tertiary/aromatic N) is 4. The van der Waals surface area contributed by atoms with E-state index >= 15 is 0 Å². The summed E-state index contributed by atoms with van der Waals surface area (Å²) < 4.78 is 7.14. The minimum Gasteiger partial charge on any atom is -0.484 e. The molecular formula is C19H21N5O2. The molecule has 0 bridgehead atoms. The van der Waals surface area contributed by atoms with Gasteiger partial charge in [-0.05, 0) is 41.5 Å². The van der Waals surface area contributed by atoms with Gasteiger partial charge in [-0.2, -0.15) is 0 Å². The molecular weight excluding hydrogens is 330 g/mol. The lowest BCUT2D eigenvalue weighted by Crippen LogP contribution is -2.32. The van der Waals surface area contributed by atoms with Gasteiger partial charge in [0.1, 0.15) is 12.1 Å². The van der Waals surface area contributed by atoms with E-state index in [9.17, 15) is 4.79 Å². The van der Waals surface area contributed by atoms with Crippen LogP contribution in [0.5, 0.6) is 5.75 Å². The molecule has 1 aromatic heterocycles. The van der Waals surface area contributed by atoms with Gasteiger partial charge in [0, 0.05) is 6.07 Å². The molecule has 0 saturated carbocycles. The predicted octanol–water partition coefficient (Wildman–Crippen LogP) is 2.62. The van der Waals surface area contributed by atoms with Crippen LogP contribution < -0.4 is 10.1 Å². The fourth-order valence-electron chi connectivity index (χ4n) is 2.60. The molecule has 2 aromatic carbocycles. The highest BCUT2D eigenvalue weighted by atomic mass is 16.5. The average Bonchev–Trinajstić information content (AvgIpc) is 3.20. The summed E-state index contributed by atoms with van der Waals surface area (Å²) in [5.41, 5.74) is 3.05. The predicted molar refractivity (Wildman–Crippen MR) is 97.0 cm³/mol. The van der Waals surface area contributed by atoms with Gasteiger partial charge >= 0.3 is 0 Å². The summed E-state index contributed by atoms with van der Waals surface area (Å²) in [6.45, 7) is 4.03. The number of aromatic nitrogens is 4. The zero-order valence-corrected chi connectivity index (χ0v) is 14.8. The van der Waals surface area contributed by atoms with Crippen LogP contribution in [-0.2, 0) is 4.79 Å². The number of ether oxygens (including phenoxy) is 1. The fraction of sp³-hybridized carbons (Fsp3) is 0.263. The molecule has 0 aliphatic rings. The lowest BCUT2D eigenvalue weighted by molar-refractivity contribution is -0.123. The Balaban J connectivity index is 1.58. The Morgan fingerprint density at radius 3 is 2.73 bits per heavy atom. The summed E-state index contributed by atoms with van der Waals surface area (Å²) in [6.07, 6.45) is 2.31. The fourth-order valence-corrected chi connectivity index (χ4v) is 2.60. The van der Waals surface area contributed by atoms with Gasteiger partial charge in [0.25, 0.3) is 5.91 Å². The van der Waals surface area contributed by atoms with Crippen LogP contribution in [0, 0.1) is 6.92 Å². The Hall–Kier alpha value is -3.22. The van der Waals surface area contributed by atoms with E-state index in [0.717, 1.165) is 17.7 Å². The van der Waals surface area contributed by atoms with Crippen molar-refractivity contribution < 1.29 is 9.53 Å². The van der Waals surface area contributed by atoms with Crippen LogP contribution >= 0.6 is 0 Å². The number of hydrogen-bond donors (Lipinski definition) is 1. The van der Waals surface area contributed by atoms with Crippen molar-refractivity contribution in [2.24, 2.45) is 0 Å². The van der Waals surface area contributed by atoms with Crippen LogP contribution in [0.15, 0.2) is 54.9 Å². The summed E-state index contributed by atoms with van der Waals surface area (Å²) in [5, 5.41) is 14.1. The van der Waals surface area contributed by atoms with E-state index in [4.69, 9.17) is 4.74 Å². The van der Waals surface area contributed by atoms with E-state index in [1.54, 1.807) is 12.1 Å². The second kappa shape index (κ2) is 8.24. The minimum absolute atomic E-state index is 0.0285. The van der Waals surface area contributed by atoms with Crippen LogP contribution in [0.4, 0.5) is 0 Å². The lowest BCUT2D eigenvalue weighted by Gasteiger charge is -2.18. The first-order valence-corrected chi connectivity index (χ1v) is 8.48. The number of amides is 1. The summed E-state index contributed by atoms with van der Waals surface area (Å²) in [7, 11) is 0. The van der Waals surface area contributed by atoms with Crippen LogP contribution in [0.3, 0.4) is 0 Å². The van der Waals surface area contributed by atoms with Crippen LogP contribution in [0.2, 0.25) is 0 Å². The molecule has 134 valence electrons. The monoisotopic (exact) mass is 351 g/mol. The number of aryl methyl sites for hydroxylation is 1. The van der Waals surface area contributed by atoms with Gasteiger partial charge in [-0.15, -0.1) is 5.10 Å². The molecule has 1 amide bonds. The first-order valence-electron chi connectivity index (χ1n) is 8.48. The largest absolute Gasteiger partial charge is 0.484 e. The molecule has 1 N–H and O–H groups in total. The molecule has 0 spiro atoms. The van der Waals surface area contributed by atoms with Crippen molar-refractivity contribution in [2.75, 3.05) is 6.61 Å². The molecule has 1 heterocycles. The highest BCUT2D eigenvalue weighted by molar-refractivity contribution is 5.78. The highest BCUT2D eigenvalue weighted by Gasteiger charge is 2.13. The SMILES string of the molecule is CC[C@H](NC(=O)COc1cccc(-n2cnnn2)c1)c1ccc(C)cc1. The second-order valence-electron chi connectivity index (χ2n) is 5.98. The van der Waals surface area contributed by atoms with E-state index in [2.05, 4.69) is 20.8 Å². The van der Waals surface area contributed by atoms with Crippen molar-refractivity contribution in [2.45, 2.75) is 26.3 Å². The molecule has 0 unspecified atom stereocenters. The first kappa shape index (κ1) is 17.6. The smallest absolute Gasteiger partial charge is 0.258 e. The second-order valence-corrected chi connectivity index (χ2v) is 5.98. The quantitative estimate of drug-likeness (QED) is 0.707. The number of tetrazole rings is 1. The van der Waals surface area contributed by atoms with Gasteiger partial charge in [0.15, 0.2) is 6.61 Å². The molecule has 0 fully saturated rings. The van der Waals surface area contributed by atoms with Gasteiger partial charge in [0.05, 0.1) is 11.7 Å². The zero-order chi connectivity index (χ0) is 18.4. The molecule has 0 saturated heterocycles. The van der Waals surface area contributed by atoms with Gasteiger partial charge in [-0.1, -0.05) is 42.8 Å². The van der Waals surface area contributed by atoms with E-state index in [-0.39, 0.29) is 18.6 Å². The molecule has 3 rings (SSSR count). The van der Waals surface area contributed by atoms with Crippen molar-refractivity contribution in [3.05, 3.63) is 66.0 Å². The summed E-state index contributed by atoms with van der Waals surface area (Å²) in [4.78, 5) is 12.3. The molecule has 0 aliphatic carbocycles. The number of carbonyl (C=O) groups is 1. The summed E-state index contributed by atoms with van der Waals surface area (Å²) >= 11 is 0. The van der Waals surface area contributed by atoms with E-state index < -0.39 is 0 Å². The summed E-state index contributed by atoms with van der Waals surface area (Å²) in [5.74, 6) is 0.418. The van der Waals surface area contributed by atoms with Gasteiger partial charge in [-0.25, -0.2) is 4.68 Å². The Kier molecular flexibility index (Phi) is 5.58. The Labute approximate surface area is 152 Å². The van der Waals surface area contributed by atoms with E-state index in [0.29, 0.717) is 5.75 Å². The van der Waals surface area contributed by atoms with Crippen molar-refractivity contribution in [3.63, 3.8) is 0 Å². The molecule has 1 atom stereocenters. The first-order chi connectivity index (χ1) is 12.7. The number of hydrogen-bond acceptors (Lipinski definition) is 5. The third kappa shape index (κ3) is 4.44. The van der Waals surface area contributed by atoms with Crippen molar-refractivity contribution in [1.29, 1.82) is 0 Å². The van der Waals surface area contributed by atoms with Gasteiger partial charge < -0.3 is 10.1 Å². The topological polar surface area (TPSA) is 81.9 Å². The van der Waals surface area contributed by atoms with Crippen molar-refractivity contribution in [1.82, 2.24) is 25.5 Å². The third-order valence-electron chi connectivity index (χ3n) is 4.02. The number of carbonyl (C=O) groups excluding carboxylic acids is 1. The maximum absolute atomic E-state index is 12.3. The Morgan fingerprint density at radius 1 is 1.23 bits per heavy atom. The molecule has 26 heavy (non-hydrogen) atoms. The highest BCUT2D eigenvalue weighted by Crippen LogP contribution is 2.18. The van der Waals surface area contributed by atoms with E-state index in [1.165, 1.54) is 16.6 Å². The molecule has 7 nitrogen and oxygen atoms in total. The van der Waals surface area contributed by atoms with Gasteiger partial charge in [0.2, 0.25) is 0 Å². The molecule has 7 heteroatoms. The third-order valence-corrected chi connectivity index (χ3v) is 4.02. The number of nitrogens with one attached hydrogen (secondary N) is 1. The normalized spacial score (nSPS) is 11.8. The van der Waals surface area contributed by atoms with Crippen LogP contribution in [-0.4, -0.2) is 32.7 Å². The Bertz CT molecular complexity index is 847. The van der Waals surface area contributed by atoms with Crippen LogP contribution in [0.1, 0.15) is 30.5 Å². The Morgan fingerprint density at radius 2 is 2.04 bits per heavy atom. The maximum Gasteiger partial charge on any atom is 0.258 e. The minimum atomic E-state index is -0.162. The number of rotatable bonds is 7. The zero-order valence-electron chi connectivity index (χ0n) is 14.8. The van der Waals surface area contributed by atoms with Gasteiger partial charge in [-0.3, -0.25) is 4.79 Å². The number of benzene rings is 2. The van der Waals surface area contributed by atoms with Crippen LogP contribution in [0.25, 0.3) is 5.69 Å². The summed E-state index contributed by atoms with van der Waals surface area (Å²) in [6, 6.07) is 15.4. The lowest BCUT2D eigenvalue weighted by atomic mass is 10.0. The van der Waals surface area contributed by atoms with E-state index in [1.807, 2.05) is 50.2 Å². The molecule has 3 aromatic rings. The molecule has 0 radical (unpaired) electrons.